The molecule has 0 fully saturated rings. The Bertz CT molecular complexity index is 1200. The Morgan fingerprint density at radius 3 is 1.25 bits per heavy atom. The van der Waals surface area contributed by atoms with Gasteiger partial charge in [-0.15, -0.1) is 0 Å². The fourth-order valence-electron chi connectivity index (χ4n) is 4.96. The lowest BCUT2D eigenvalue weighted by atomic mass is 10.1. The quantitative estimate of drug-likeness (QED) is 0.304. The first kappa shape index (κ1) is 23.8. The van der Waals surface area contributed by atoms with Crippen molar-refractivity contribution in [1.82, 2.24) is 0 Å². The molecular weight excluding hydrogens is 444 g/mol. The van der Waals surface area contributed by atoms with E-state index < -0.39 is 0 Å². The second-order valence-corrected chi connectivity index (χ2v) is 9.57. The minimum Gasteiger partial charge on any atom is -0.487 e. The molecule has 0 spiro atoms. The second kappa shape index (κ2) is 11.2. The summed E-state index contributed by atoms with van der Waals surface area (Å²) in [5.41, 5.74) is 21.5. The van der Waals surface area contributed by atoms with E-state index in [1.54, 1.807) is 0 Å². The summed E-state index contributed by atoms with van der Waals surface area (Å²) < 4.78 is 11.6. The fourth-order valence-corrected chi connectivity index (χ4v) is 4.96. The van der Waals surface area contributed by atoms with E-state index >= 15 is 0 Å². The van der Waals surface area contributed by atoms with Gasteiger partial charge >= 0.3 is 0 Å². The monoisotopic (exact) mass is 478 g/mol. The number of hydrogen-bond acceptors (Lipinski definition) is 4. The summed E-state index contributed by atoms with van der Waals surface area (Å²) in [7, 11) is 0. The summed E-state index contributed by atoms with van der Waals surface area (Å²) in [6.07, 6.45) is 7.07. The third kappa shape index (κ3) is 5.83. The van der Waals surface area contributed by atoms with Crippen LogP contribution in [0.5, 0.6) is 11.5 Å². The van der Waals surface area contributed by atoms with Crippen LogP contribution in [0.3, 0.4) is 0 Å². The SMILES string of the molecule is Nc1cc2c(cc1OCc1ccccc1)CCC2.Nc1cc2c(cc1OCc1ccccc1)CCC2. The Morgan fingerprint density at radius 1 is 0.500 bits per heavy atom. The molecule has 0 unspecified atom stereocenters. The molecule has 0 aliphatic heterocycles. The van der Waals surface area contributed by atoms with Crippen molar-refractivity contribution < 1.29 is 9.47 Å². The first-order valence-electron chi connectivity index (χ1n) is 12.8. The summed E-state index contributed by atoms with van der Waals surface area (Å²) in [5.74, 6) is 1.64. The van der Waals surface area contributed by atoms with E-state index in [0.717, 1.165) is 59.7 Å². The molecule has 0 saturated carbocycles. The molecule has 4 N–H and O–H groups in total. The molecule has 2 aliphatic carbocycles. The van der Waals surface area contributed by atoms with Crippen LogP contribution in [0.15, 0.2) is 84.9 Å². The molecule has 0 amide bonds. The Balaban J connectivity index is 0.000000148. The molecule has 4 heteroatoms. The van der Waals surface area contributed by atoms with E-state index in [2.05, 4.69) is 48.5 Å². The molecule has 184 valence electrons. The lowest BCUT2D eigenvalue weighted by molar-refractivity contribution is 0.307. The van der Waals surface area contributed by atoms with Crippen molar-refractivity contribution >= 4 is 11.4 Å². The Hall–Kier alpha value is -3.92. The van der Waals surface area contributed by atoms with Crippen LogP contribution >= 0.6 is 0 Å². The first-order valence-corrected chi connectivity index (χ1v) is 12.8. The van der Waals surface area contributed by atoms with Crippen LogP contribution in [0, 0.1) is 0 Å². The lowest BCUT2D eigenvalue weighted by Crippen LogP contribution is -2.00. The predicted octanol–water partition coefficient (Wildman–Crippen LogP) is 6.67. The number of nitrogen functional groups attached to an aromatic ring is 2. The number of hydrogen-bond donors (Lipinski definition) is 2. The molecule has 4 nitrogen and oxygen atoms in total. The normalized spacial score (nSPS) is 13.3. The molecule has 0 atom stereocenters. The Labute approximate surface area is 213 Å². The molecule has 0 heterocycles. The number of ether oxygens (including phenoxy) is 2. The molecular formula is C32H34N2O2. The summed E-state index contributed by atoms with van der Waals surface area (Å²) in [6.45, 7) is 1.15. The van der Waals surface area contributed by atoms with E-state index in [1.165, 1.54) is 35.1 Å². The second-order valence-electron chi connectivity index (χ2n) is 9.57. The molecule has 2 aliphatic rings. The molecule has 0 radical (unpaired) electrons. The number of rotatable bonds is 6. The van der Waals surface area contributed by atoms with Gasteiger partial charge in [0.05, 0.1) is 11.4 Å². The zero-order valence-corrected chi connectivity index (χ0v) is 20.7. The molecule has 0 saturated heterocycles. The minimum absolute atomic E-state index is 0.573. The average molecular weight is 479 g/mol. The van der Waals surface area contributed by atoms with Crippen LogP contribution < -0.4 is 20.9 Å². The zero-order chi connectivity index (χ0) is 24.7. The highest BCUT2D eigenvalue weighted by Crippen LogP contribution is 2.33. The van der Waals surface area contributed by atoms with Crippen LogP contribution in [-0.4, -0.2) is 0 Å². The highest BCUT2D eigenvalue weighted by molar-refractivity contribution is 5.59. The lowest BCUT2D eigenvalue weighted by Gasteiger charge is -2.11. The molecule has 36 heavy (non-hydrogen) atoms. The smallest absolute Gasteiger partial charge is 0.142 e. The Morgan fingerprint density at radius 2 is 0.861 bits per heavy atom. The van der Waals surface area contributed by atoms with Crippen LogP contribution in [0.2, 0.25) is 0 Å². The van der Waals surface area contributed by atoms with Crippen molar-refractivity contribution in [3.63, 3.8) is 0 Å². The van der Waals surface area contributed by atoms with Gasteiger partial charge < -0.3 is 20.9 Å². The van der Waals surface area contributed by atoms with E-state index in [9.17, 15) is 0 Å². The summed E-state index contributed by atoms with van der Waals surface area (Å²) in [6, 6.07) is 28.7. The van der Waals surface area contributed by atoms with Gasteiger partial charge in [-0.1, -0.05) is 60.7 Å². The minimum atomic E-state index is 0.573. The maximum atomic E-state index is 6.03. The molecule has 0 aromatic heterocycles. The molecule has 4 aromatic rings. The molecule has 0 bridgehead atoms. The third-order valence-corrected chi connectivity index (χ3v) is 6.92. The molecule has 4 aromatic carbocycles. The van der Waals surface area contributed by atoms with Crippen LogP contribution in [0.4, 0.5) is 11.4 Å². The van der Waals surface area contributed by atoms with Crippen molar-refractivity contribution in [2.75, 3.05) is 11.5 Å². The topological polar surface area (TPSA) is 70.5 Å². The zero-order valence-electron chi connectivity index (χ0n) is 20.7. The van der Waals surface area contributed by atoms with Gasteiger partial charge in [0.2, 0.25) is 0 Å². The van der Waals surface area contributed by atoms with E-state index in [-0.39, 0.29) is 0 Å². The van der Waals surface area contributed by atoms with Crippen molar-refractivity contribution in [3.05, 3.63) is 118 Å². The number of fused-ring (bicyclic) bond motifs is 2. The first-order chi connectivity index (χ1) is 17.7. The number of anilines is 2. The van der Waals surface area contributed by atoms with Gasteiger partial charge in [-0.2, -0.15) is 0 Å². The summed E-state index contributed by atoms with van der Waals surface area (Å²) >= 11 is 0. The standard InChI is InChI=1S/2C16H17NO/c2*17-15-9-13-7-4-8-14(13)10-16(15)18-11-12-5-2-1-3-6-12/h2*1-3,5-6,9-10H,4,7-8,11,17H2. The fraction of sp³-hybridized carbons (Fsp3) is 0.250. The largest absolute Gasteiger partial charge is 0.487 e. The van der Waals surface area contributed by atoms with E-state index in [0.29, 0.717) is 13.2 Å². The van der Waals surface area contributed by atoms with Crippen molar-refractivity contribution in [2.24, 2.45) is 0 Å². The third-order valence-electron chi connectivity index (χ3n) is 6.92. The van der Waals surface area contributed by atoms with Crippen molar-refractivity contribution in [1.29, 1.82) is 0 Å². The maximum absolute atomic E-state index is 6.03. The maximum Gasteiger partial charge on any atom is 0.142 e. The molecule has 6 rings (SSSR count). The predicted molar refractivity (Wildman–Crippen MR) is 147 cm³/mol. The van der Waals surface area contributed by atoms with Gasteiger partial charge in [-0.25, -0.2) is 0 Å². The average Bonchev–Trinajstić information content (AvgIpc) is 3.56. The van der Waals surface area contributed by atoms with Crippen LogP contribution in [-0.2, 0) is 38.9 Å². The number of benzene rings is 4. The van der Waals surface area contributed by atoms with Crippen molar-refractivity contribution in [3.8, 4) is 11.5 Å². The van der Waals surface area contributed by atoms with Gasteiger partial charge in [0.25, 0.3) is 0 Å². The highest BCUT2D eigenvalue weighted by atomic mass is 16.5. The highest BCUT2D eigenvalue weighted by Gasteiger charge is 2.15. The number of nitrogens with two attached hydrogens (primary N) is 2. The van der Waals surface area contributed by atoms with Gasteiger partial charge in [0, 0.05) is 0 Å². The van der Waals surface area contributed by atoms with Gasteiger partial charge in [0.15, 0.2) is 0 Å². The van der Waals surface area contributed by atoms with Crippen molar-refractivity contribution in [2.45, 2.75) is 51.7 Å². The summed E-state index contributed by atoms with van der Waals surface area (Å²) in [5, 5.41) is 0. The van der Waals surface area contributed by atoms with E-state index in [1.807, 2.05) is 36.4 Å². The van der Waals surface area contributed by atoms with E-state index in [4.69, 9.17) is 20.9 Å². The van der Waals surface area contributed by atoms with Gasteiger partial charge in [-0.3, -0.25) is 0 Å². The Kier molecular flexibility index (Phi) is 7.41. The van der Waals surface area contributed by atoms with Crippen LogP contribution in [0.25, 0.3) is 0 Å². The summed E-state index contributed by atoms with van der Waals surface area (Å²) in [4.78, 5) is 0. The van der Waals surface area contributed by atoms with Gasteiger partial charge in [0.1, 0.15) is 24.7 Å². The van der Waals surface area contributed by atoms with Gasteiger partial charge in [-0.05, 0) is 96.2 Å². The number of aryl methyl sites for hydroxylation is 4. The van der Waals surface area contributed by atoms with Crippen LogP contribution in [0.1, 0.15) is 46.2 Å².